The summed E-state index contributed by atoms with van der Waals surface area (Å²) in [5.74, 6) is 0.818. The minimum absolute atomic E-state index is 0.00336. The number of aliphatic hydroxyl groups excluding tert-OH is 1. The molecule has 0 amide bonds. The molecule has 0 spiro atoms. The SMILES string of the molecule is COC(=O)[C@H]1CC[C@]2(C)CC[C@]3(C)C(=CC(=O)[C@@H]4[C@@]5(C)CC[C@H](O)C(C)(C)[C@@H]5CC[C@]43C)[C@H]2C1. The molecule has 0 aliphatic heterocycles. The van der Waals surface area contributed by atoms with Gasteiger partial charge in [-0.25, -0.2) is 0 Å². The molecule has 5 aliphatic rings. The summed E-state index contributed by atoms with van der Waals surface area (Å²) in [4.78, 5) is 26.7. The van der Waals surface area contributed by atoms with Gasteiger partial charge in [0, 0.05) is 5.92 Å². The Balaban J connectivity index is 1.59. The molecule has 190 valence electrons. The quantitative estimate of drug-likeness (QED) is 0.470. The van der Waals surface area contributed by atoms with Crippen LogP contribution in [0.1, 0.15) is 99.3 Å². The van der Waals surface area contributed by atoms with Gasteiger partial charge in [-0.3, -0.25) is 9.59 Å². The van der Waals surface area contributed by atoms with E-state index in [2.05, 4.69) is 47.6 Å². The number of ketones is 1. The zero-order chi connectivity index (χ0) is 24.9. The number of methoxy groups -OCH3 is 1. The summed E-state index contributed by atoms with van der Waals surface area (Å²) in [7, 11) is 1.50. The zero-order valence-corrected chi connectivity index (χ0v) is 22.5. The highest BCUT2D eigenvalue weighted by Gasteiger charge is 2.69. The van der Waals surface area contributed by atoms with Crippen LogP contribution in [0, 0.1) is 50.7 Å². The number of carbonyl (C=O) groups excluding carboxylic acids is 2. The molecular formula is C30H46O4. The van der Waals surface area contributed by atoms with Crippen LogP contribution in [0.15, 0.2) is 11.6 Å². The molecule has 0 saturated heterocycles. The van der Waals surface area contributed by atoms with E-state index in [1.165, 1.54) is 19.1 Å². The van der Waals surface area contributed by atoms with Crippen molar-refractivity contribution in [1.29, 1.82) is 0 Å². The lowest BCUT2D eigenvalue weighted by atomic mass is 9.33. The van der Waals surface area contributed by atoms with Crippen LogP contribution in [0.25, 0.3) is 0 Å². The monoisotopic (exact) mass is 470 g/mol. The molecule has 5 rings (SSSR count). The summed E-state index contributed by atoms with van der Waals surface area (Å²) in [6, 6.07) is 0. The van der Waals surface area contributed by atoms with Crippen molar-refractivity contribution >= 4 is 11.8 Å². The summed E-state index contributed by atoms with van der Waals surface area (Å²) in [5.41, 5.74) is 1.15. The summed E-state index contributed by atoms with van der Waals surface area (Å²) in [6.07, 6.45) is 10.7. The van der Waals surface area contributed by atoms with Crippen LogP contribution in [0.4, 0.5) is 0 Å². The fourth-order valence-corrected chi connectivity index (χ4v) is 10.4. The maximum absolute atomic E-state index is 14.2. The van der Waals surface area contributed by atoms with Gasteiger partial charge in [-0.2, -0.15) is 0 Å². The maximum atomic E-state index is 14.2. The van der Waals surface area contributed by atoms with Gasteiger partial charge >= 0.3 is 5.97 Å². The summed E-state index contributed by atoms with van der Waals surface area (Å²) in [6.45, 7) is 14.1. The Morgan fingerprint density at radius 3 is 2.35 bits per heavy atom. The van der Waals surface area contributed by atoms with Gasteiger partial charge in [-0.1, -0.05) is 47.1 Å². The number of hydrogen-bond acceptors (Lipinski definition) is 4. The lowest BCUT2D eigenvalue weighted by molar-refractivity contribution is -0.201. The minimum Gasteiger partial charge on any atom is -0.469 e. The molecule has 0 radical (unpaired) electrons. The fraction of sp³-hybridized carbons (Fsp3) is 0.867. The van der Waals surface area contributed by atoms with Crippen molar-refractivity contribution in [3.63, 3.8) is 0 Å². The van der Waals surface area contributed by atoms with E-state index in [0.717, 1.165) is 51.4 Å². The first-order chi connectivity index (χ1) is 15.7. The van der Waals surface area contributed by atoms with E-state index in [1.807, 2.05) is 0 Å². The van der Waals surface area contributed by atoms with Gasteiger partial charge in [0.2, 0.25) is 0 Å². The number of esters is 1. The molecule has 0 heterocycles. The van der Waals surface area contributed by atoms with E-state index in [9.17, 15) is 14.7 Å². The van der Waals surface area contributed by atoms with Gasteiger partial charge in [0.05, 0.1) is 19.1 Å². The molecule has 9 atom stereocenters. The first-order valence-electron chi connectivity index (χ1n) is 13.8. The molecule has 34 heavy (non-hydrogen) atoms. The Kier molecular flexibility index (Phi) is 5.36. The number of hydrogen-bond donors (Lipinski definition) is 1. The van der Waals surface area contributed by atoms with E-state index < -0.39 is 0 Å². The maximum Gasteiger partial charge on any atom is 0.308 e. The Hall–Kier alpha value is -1.16. The van der Waals surface area contributed by atoms with Crippen LogP contribution in [0.2, 0.25) is 0 Å². The van der Waals surface area contributed by atoms with E-state index in [1.54, 1.807) is 0 Å². The van der Waals surface area contributed by atoms with Crippen molar-refractivity contribution in [3.8, 4) is 0 Å². The Labute approximate surface area is 206 Å². The van der Waals surface area contributed by atoms with Crippen molar-refractivity contribution in [1.82, 2.24) is 0 Å². The average Bonchev–Trinajstić information content (AvgIpc) is 2.77. The highest BCUT2D eigenvalue weighted by atomic mass is 16.5. The predicted molar refractivity (Wildman–Crippen MR) is 133 cm³/mol. The second-order valence-corrected chi connectivity index (χ2v) is 14.4. The van der Waals surface area contributed by atoms with Crippen molar-refractivity contribution in [2.24, 2.45) is 50.7 Å². The second kappa shape index (κ2) is 7.43. The first-order valence-corrected chi connectivity index (χ1v) is 13.8. The third-order valence-electron chi connectivity index (χ3n) is 12.8. The molecule has 0 aromatic rings. The predicted octanol–water partition coefficient (Wildman–Crippen LogP) is 6.11. The molecule has 4 saturated carbocycles. The second-order valence-electron chi connectivity index (χ2n) is 14.4. The Morgan fingerprint density at radius 2 is 1.68 bits per heavy atom. The van der Waals surface area contributed by atoms with Crippen molar-refractivity contribution in [2.75, 3.05) is 7.11 Å². The third-order valence-corrected chi connectivity index (χ3v) is 12.8. The van der Waals surface area contributed by atoms with Crippen LogP contribution in [0.5, 0.6) is 0 Å². The van der Waals surface area contributed by atoms with Crippen LogP contribution in [0.3, 0.4) is 0 Å². The van der Waals surface area contributed by atoms with Crippen molar-refractivity contribution in [3.05, 3.63) is 11.6 Å². The van der Waals surface area contributed by atoms with E-state index in [4.69, 9.17) is 4.74 Å². The van der Waals surface area contributed by atoms with Crippen molar-refractivity contribution < 1.29 is 19.4 Å². The largest absolute Gasteiger partial charge is 0.469 e. The molecule has 4 heteroatoms. The molecular weight excluding hydrogens is 424 g/mol. The number of allylic oxidation sites excluding steroid dienone is 2. The molecule has 0 bridgehead atoms. The number of aliphatic hydroxyl groups is 1. The highest BCUT2D eigenvalue weighted by molar-refractivity contribution is 5.95. The zero-order valence-electron chi connectivity index (χ0n) is 22.5. The van der Waals surface area contributed by atoms with Gasteiger partial charge in [0.1, 0.15) is 0 Å². The minimum atomic E-state index is -0.289. The fourth-order valence-electron chi connectivity index (χ4n) is 10.4. The van der Waals surface area contributed by atoms with Crippen molar-refractivity contribution in [2.45, 2.75) is 105 Å². The molecule has 5 aliphatic carbocycles. The van der Waals surface area contributed by atoms with Gasteiger partial charge in [0.25, 0.3) is 0 Å². The summed E-state index contributed by atoms with van der Waals surface area (Å²) in [5, 5.41) is 10.9. The number of ether oxygens (including phenoxy) is 1. The number of carbonyl (C=O) groups is 2. The van der Waals surface area contributed by atoms with Crippen LogP contribution >= 0.6 is 0 Å². The Bertz CT molecular complexity index is 934. The topological polar surface area (TPSA) is 63.6 Å². The van der Waals surface area contributed by atoms with Gasteiger partial charge in [-0.05, 0) is 103 Å². The van der Waals surface area contributed by atoms with E-state index in [-0.39, 0.29) is 56.9 Å². The smallest absolute Gasteiger partial charge is 0.308 e. The first kappa shape index (κ1) is 24.5. The van der Waals surface area contributed by atoms with Gasteiger partial charge in [-0.15, -0.1) is 0 Å². The normalized spacial score (nSPS) is 51.8. The molecule has 4 fully saturated rings. The third kappa shape index (κ3) is 2.93. The molecule has 0 aromatic carbocycles. The summed E-state index contributed by atoms with van der Waals surface area (Å²) >= 11 is 0. The van der Waals surface area contributed by atoms with Crippen LogP contribution < -0.4 is 0 Å². The van der Waals surface area contributed by atoms with E-state index >= 15 is 0 Å². The molecule has 0 unspecified atom stereocenters. The highest BCUT2D eigenvalue weighted by Crippen LogP contribution is 2.74. The molecule has 1 N–H and O–H groups in total. The van der Waals surface area contributed by atoms with E-state index in [0.29, 0.717) is 11.7 Å². The van der Waals surface area contributed by atoms with Gasteiger partial charge in [0.15, 0.2) is 5.78 Å². The lowest BCUT2D eigenvalue weighted by Crippen LogP contribution is -2.66. The molecule has 4 nitrogen and oxygen atoms in total. The lowest BCUT2D eigenvalue weighted by Gasteiger charge is -2.70. The standard InChI is InChI=1S/C30H46O4/c1-26(2)22-9-13-30(6)24(28(22,4)12-10-23(26)32)21(31)17-20-19-16-18(25(33)34-7)8-11-27(19,3)14-15-29(20,30)5/h17-19,22-24,32H,8-16H2,1-7H3/t18-,19+,22-,23-,24+,27+,28-,29+,30+/m0/s1. The van der Waals surface area contributed by atoms with Crippen LogP contribution in [-0.4, -0.2) is 30.1 Å². The summed E-state index contributed by atoms with van der Waals surface area (Å²) < 4.78 is 5.15. The number of rotatable bonds is 1. The molecule has 0 aromatic heterocycles. The average molecular weight is 471 g/mol. The Morgan fingerprint density at radius 1 is 0.971 bits per heavy atom. The number of fused-ring (bicyclic) bond motifs is 7. The van der Waals surface area contributed by atoms with Crippen LogP contribution in [-0.2, 0) is 14.3 Å². The van der Waals surface area contributed by atoms with Gasteiger partial charge < -0.3 is 9.84 Å².